The molecule has 0 aromatic carbocycles. The van der Waals surface area contributed by atoms with E-state index in [9.17, 15) is 4.79 Å². The molecule has 1 heterocycles. The standard InChI is InChI=1S/C16H28N2O2/c1-12-6-7-14(10-12)18-9-8-17(11-13(18)2)15(19)20-16(3,4)5/h10,13-14H,6-9,11H2,1-5H3/t13-,14-/m1/s1. The quantitative estimate of drug-likeness (QED) is 0.692. The number of piperazine rings is 1. The van der Waals surface area contributed by atoms with Crippen molar-refractivity contribution in [2.75, 3.05) is 19.6 Å². The van der Waals surface area contributed by atoms with Gasteiger partial charge in [0.1, 0.15) is 5.60 Å². The summed E-state index contributed by atoms with van der Waals surface area (Å²) in [7, 11) is 0. The second-order valence-electron chi connectivity index (χ2n) is 7.13. The number of ether oxygens (including phenoxy) is 1. The zero-order valence-corrected chi connectivity index (χ0v) is 13.5. The normalized spacial score (nSPS) is 28.4. The predicted molar refractivity (Wildman–Crippen MR) is 80.8 cm³/mol. The highest BCUT2D eigenvalue weighted by Crippen LogP contribution is 2.26. The molecule has 0 aromatic heterocycles. The first-order chi connectivity index (χ1) is 9.26. The Morgan fingerprint density at radius 1 is 1.35 bits per heavy atom. The molecule has 1 fully saturated rings. The summed E-state index contributed by atoms with van der Waals surface area (Å²) < 4.78 is 5.46. The van der Waals surface area contributed by atoms with Crippen LogP contribution in [0.4, 0.5) is 4.79 Å². The largest absolute Gasteiger partial charge is 0.444 e. The minimum absolute atomic E-state index is 0.179. The second-order valence-corrected chi connectivity index (χ2v) is 7.13. The van der Waals surface area contributed by atoms with Gasteiger partial charge in [-0.1, -0.05) is 11.6 Å². The van der Waals surface area contributed by atoms with Crippen LogP contribution in [0.3, 0.4) is 0 Å². The lowest BCUT2D eigenvalue weighted by Crippen LogP contribution is -2.56. The van der Waals surface area contributed by atoms with Crippen molar-refractivity contribution in [3.05, 3.63) is 11.6 Å². The van der Waals surface area contributed by atoms with Crippen LogP contribution in [0.15, 0.2) is 11.6 Å². The Morgan fingerprint density at radius 3 is 2.55 bits per heavy atom. The molecule has 20 heavy (non-hydrogen) atoms. The van der Waals surface area contributed by atoms with E-state index in [2.05, 4.69) is 24.8 Å². The van der Waals surface area contributed by atoms with Crippen LogP contribution in [0.2, 0.25) is 0 Å². The van der Waals surface area contributed by atoms with Crippen molar-refractivity contribution in [3.63, 3.8) is 0 Å². The Hall–Kier alpha value is -1.03. The van der Waals surface area contributed by atoms with Gasteiger partial charge >= 0.3 is 6.09 Å². The van der Waals surface area contributed by atoms with E-state index in [0.29, 0.717) is 12.1 Å². The van der Waals surface area contributed by atoms with Gasteiger partial charge < -0.3 is 9.64 Å². The van der Waals surface area contributed by atoms with E-state index in [0.717, 1.165) is 19.6 Å². The summed E-state index contributed by atoms with van der Waals surface area (Å²) in [5.41, 5.74) is 1.08. The van der Waals surface area contributed by atoms with Crippen molar-refractivity contribution in [2.24, 2.45) is 0 Å². The van der Waals surface area contributed by atoms with Gasteiger partial charge in [-0.3, -0.25) is 4.90 Å². The third-order valence-corrected chi connectivity index (χ3v) is 4.07. The van der Waals surface area contributed by atoms with Gasteiger partial charge in [-0.25, -0.2) is 4.79 Å². The molecule has 4 nitrogen and oxygen atoms in total. The summed E-state index contributed by atoms with van der Waals surface area (Å²) >= 11 is 0. The predicted octanol–water partition coefficient (Wildman–Crippen LogP) is 3.04. The minimum atomic E-state index is -0.414. The van der Waals surface area contributed by atoms with Crippen LogP contribution in [0, 0.1) is 0 Å². The summed E-state index contributed by atoms with van der Waals surface area (Å²) in [6.45, 7) is 12.6. The lowest BCUT2D eigenvalue weighted by Gasteiger charge is -2.42. The number of nitrogens with zero attached hydrogens (tertiary/aromatic N) is 2. The maximum absolute atomic E-state index is 12.1. The molecule has 0 bridgehead atoms. The molecule has 0 saturated carbocycles. The molecule has 1 amide bonds. The zero-order chi connectivity index (χ0) is 14.9. The number of hydrogen-bond acceptors (Lipinski definition) is 3. The van der Waals surface area contributed by atoms with Crippen LogP contribution in [-0.2, 0) is 4.74 Å². The third kappa shape index (κ3) is 3.75. The number of amides is 1. The fourth-order valence-corrected chi connectivity index (χ4v) is 3.09. The average Bonchev–Trinajstić information content (AvgIpc) is 2.73. The molecule has 2 atom stereocenters. The van der Waals surface area contributed by atoms with Crippen molar-refractivity contribution in [1.29, 1.82) is 0 Å². The maximum atomic E-state index is 12.1. The third-order valence-electron chi connectivity index (χ3n) is 4.07. The highest BCUT2D eigenvalue weighted by molar-refractivity contribution is 5.68. The van der Waals surface area contributed by atoms with E-state index >= 15 is 0 Å². The SMILES string of the molecule is CC1=C[C@H](N2CCN(C(=O)OC(C)(C)C)C[C@H]2C)CC1. The lowest BCUT2D eigenvalue weighted by molar-refractivity contribution is 0.00164. The number of carbonyl (C=O) groups is 1. The van der Waals surface area contributed by atoms with Crippen molar-refractivity contribution in [3.8, 4) is 0 Å². The van der Waals surface area contributed by atoms with E-state index in [4.69, 9.17) is 4.74 Å². The van der Waals surface area contributed by atoms with E-state index in [1.807, 2.05) is 25.7 Å². The number of hydrogen-bond donors (Lipinski definition) is 0. The van der Waals surface area contributed by atoms with Gasteiger partial charge in [0, 0.05) is 31.7 Å². The second kappa shape index (κ2) is 5.76. The van der Waals surface area contributed by atoms with Gasteiger partial charge in [0.2, 0.25) is 0 Å². The van der Waals surface area contributed by atoms with Crippen LogP contribution in [-0.4, -0.2) is 53.2 Å². The molecule has 114 valence electrons. The van der Waals surface area contributed by atoms with Gasteiger partial charge in [0.05, 0.1) is 0 Å². The van der Waals surface area contributed by atoms with Crippen LogP contribution < -0.4 is 0 Å². The summed E-state index contributed by atoms with van der Waals surface area (Å²) in [5.74, 6) is 0. The molecule has 0 unspecified atom stereocenters. The van der Waals surface area contributed by atoms with E-state index in [1.165, 1.54) is 18.4 Å². The van der Waals surface area contributed by atoms with Crippen molar-refractivity contribution >= 4 is 6.09 Å². The molecule has 1 saturated heterocycles. The van der Waals surface area contributed by atoms with Gasteiger partial charge in [-0.05, 0) is 47.5 Å². The summed E-state index contributed by atoms with van der Waals surface area (Å²) in [5, 5.41) is 0. The van der Waals surface area contributed by atoms with Gasteiger partial charge in [-0.2, -0.15) is 0 Å². The maximum Gasteiger partial charge on any atom is 0.410 e. The highest BCUT2D eigenvalue weighted by atomic mass is 16.6. The highest BCUT2D eigenvalue weighted by Gasteiger charge is 2.33. The Balaban J connectivity index is 1.90. The number of allylic oxidation sites excluding steroid dienone is 1. The first kappa shape index (κ1) is 15.4. The van der Waals surface area contributed by atoms with E-state index in [1.54, 1.807) is 0 Å². The van der Waals surface area contributed by atoms with Crippen molar-refractivity contribution in [1.82, 2.24) is 9.80 Å². The smallest absolute Gasteiger partial charge is 0.410 e. The van der Waals surface area contributed by atoms with Gasteiger partial charge in [0.15, 0.2) is 0 Å². The Labute approximate surface area is 122 Å². The van der Waals surface area contributed by atoms with Crippen LogP contribution in [0.1, 0.15) is 47.5 Å². The molecule has 0 aromatic rings. The van der Waals surface area contributed by atoms with Crippen molar-refractivity contribution in [2.45, 2.75) is 65.1 Å². The summed E-state index contributed by atoms with van der Waals surface area (Å²) in [6.07, 6.45) is 4.65. The van der Waals surface area contributed by atoms with E-state index < -0.39 is 5.60 Å². The zero-order valence-electron chi connectivity index (χ0n) is 13.5. The Kier molecular flexibility index (Phi) is 4.43. The van der Waals surface area contributed by atoms with Crippen LogP contribution in [0.5, 0.6) is 0 Å². The molecular formula is C16H28N2O2. The molecule has 1 aliphatic heterocycles. The molecule has 1 aliphatic carbocycles. The lowest BCUT2D eigenvalue weighted by atomic mass is 10.1. The van der Waals surface area contributed by atoms with Gasteiger partial charge in [0.25, 0.3) is 0 Å². The first-order valence-corrected chi connectivity index (χ1v) is 7.67. The average molecular weight is 280 g/mol. The molecule has 2 rings (SSSR count). The Bertz CT molecular complexity index is 398. The molecule has 4 heteroatoms. The fraction of sp³-hybridized carbons (Fsp3) is 0.812. The topological polar surface area (TPSA) is 32.8 Å². The molecule has 0 N–H and O–H groups in total. The summed E-state index contributed by atoms with van der Waals surface area (Å²) in [6, 6.07) is 0.953. The van der Waals surface area contributed by atoms with E-state index in [-0.39, 0.29) is 6.09 Å². The van der Waals surface area contributed by atoms with Gasteiger partial charge in [-0.15, -0.1) is 0 Å². The Morgan fingerprint density at radius 2 is 2.05 bits per heavy atom. The molecule has 0 spiro atoms. The minimum Gasteiger partial charge on any atom is -0.444 e. The number of rotatable bonds is 1. The molecule has 2 aliphatic rings. The number of carbonyl (C=O) groups excluding carboxylic acids is 1. The van der Waals surface area contributed by atoms with Crippen molar-refractivity contribution < 1.29 is 9.53 Å². The van der Waals surface area contributed by atoms with Crippen LogP contribution in [0.25, 0.3) is 0 Å². The van der Waals surface area contributed by atoms with Crippen LogP contribution >= 0.6 is 0 Å². The fourth-order valence-electron chi connectivity index (χ4n) is 3.09. The first-order valence-electron chi connectivity index (χ1n) is 7.67. The monoisotopic (exact) mass is 280 g/mol. The molecular weight excluding hydrogens is 252 g/mol. The molecule has 0 radical (unpaired) electrons. The summed E-state index contributed by atoms with van der Waals surface area (Å²) in [4.78, 5) is 16.5.